The molecule has 100 valence electrons. The van der Waals surface area contributed by atoms with Crippen LogP contribution in [0.4, 0.5) is 0 Å². The van der Waals surface area contributed by atoms with Gasteiger partial charge in [0.25, 0.3) is 0 Å². The lowest BCUT2D eigenvalue weighted by Crippen LogP contribution is -2.44. The molecule has 1 aliphatic heterocycles. The summed E-state index contributed by atoms with van der Waals surface area (Å²) in [6.07, 6.45) is 5.03. The molecule has 0 radical (unpaired) electrons. The molecule has 0 atom stereocenters. The first kappa shape index (κ1) is 15.0. The van der Waals surface area contributed by atoms with E-state index in [-0.39, 0.29) is 0 Å². The molecule has 1 rings (SSSR count). The number of hydrogen-bond donors (Lipinski definition) is 1. The highest BCUT2D eigenvalue weighted by atomic mass is 32.2. The molecule has 1 heterocycles. The van der Waals surface area contributed by atoms with Gasteiger partial charge < -0.3 is 5.32 Å². The van der Waals surface area contributed by atoms with E-state index in [0.29, 0.717) is 19.1 Å². The summed E-state index contributed by atoms with van der Waals surface area (Å²) in [5, 5.41) is 3.48. The molecule has 1 aliphatic rings. The lowest BCUT2D eigenvalue weighted by molar-refractivity contribution is 0.294. The van der Waals surface area contributed by atoms with Crippen LogP contribution < -0.4 is 5.32 Å². The first-order chi connectivity index (χ1) is 8.04. The third-order valence-electron chi connectivity index (χ3n) is 2.84. The van der Waals surface area contributed by atoms with Crippen molar-refractivity contribution in [1.29, 1.82) is 0 Å². The largest absolute Gasteiger partial charge is 0.313 e. The molecule has 4 nitrogen and oxygen atoms in total. The Hall–Kier alpha value is -0.0400. The Balaban J connectivity index is 2.13. The summed E-state index contributed by atoms with van der Waals surface area (Å²) in [5.74, 6) is 2.08. The molecule has 1 fully saturated rings. The van der Waals surface area contributed by atoms with Crippen LogP contribution in [0.3, 0.4) is 0 Å². The Kier molecular flexibility index (Phi) is 6.54. The van der Waals surface area contributed by atoms with E-state index in [0.717, 1.165) is 30.9 Å². The lowest BCUT2D eigenvalue weighted by atomic mass is 10.1. The highest BCUT2D eigenvalue weighted by molar-refractivity contribution is 7.99. The standard InChI is InChI=1S/C11H22N2O2S2/c1-3-9-16-10-6-12-11-4-7-13(8-5-11)17(2,14)15/h3,11-12H,1,4-10H2,2H3. The fourth-order valence-corrected chi connectivity index (χ4v) is 3.36. The van der Waals surface area contributed by atoms with Crippen molar-refractivity contribution in [3.05, 3.63) is 12.7 Å². The molecule has 0 unspecified atom stereocenters. The predicted octanol–water partition coefficient (Wildman–Crippen LogP) is 0.919. The summed E-state index contributed by atoms with van der Waals surface area (Å²) in [6.45, 7) is 5.96. The smallest absolute Gasteiger partial charge is 0.211 e. The van der Waals surface area contributed by atoms with Crippen LogP contribution >= 0.6 is 11.8 Å². The molecular formula is C11H22N2O2S2. The normalized spacial score (nSPS) is 19.4. The average molecular weight is 278 g/mol. The summed E-state index contributed by atoms with van der Waals surface area (Å²) < 4.78 is 24.2. The second-order valence-electron chi connectivity index (χ2n) is 4.25. The van der Waals surface area contributed by atoms with Gasteiger partial charge in [0.1, 0.15) is 0 Å². The number of nitrogens with one attached hydrogen (secondary N) is 1. The van der Waals surface area contributed by atoms with Gasteiger partial charge in [-0.1, -0.05) is 6.08 Å². The predicted molar refractivity (Wildman–Crippen MR) is 75.0 cm³/mol. The van der Waals surface area contributed by atoms with Gasteiger partial charge in [-0.15, -0.1) is 6.58 Å². The van der Waals surface area contributed by atoms with Crippen molar-refractivity contribution in [3.8, 4) is 0 Å². The molecule has 1 saturated heterocycles. The number of sulfonamides is 1. The molecule has 0 aromatic rings. The fraction of sp³-hybridized carbons (Fsp3) is 0.818. The van der Waals surface area contributed by atoms with Gasteiger partial charge in [0.15, 0.2) is 0 Å². The van der Waals surface area contributed by atoms with Crippen molar-refractivity contribution in [2.24, 2.45) is 0 Å². The van der Waals surface area contributed by atoms with Gasteiger partial charge in [0, 0.05) is 37.2 Å². The zero-order chi connectivity index (χ0) is 12.7. The minimum atomic E-state index is -2.99. The Morgan fingerprint density at radius 3 is 2.65 bits per heavy atom. The topological polar surface area (TPSA) is 49.4 Å². The van der Waals surface area contributed by atoms with Crippen molar-refractivity contribution in [3.63, 3.8) is 0 Å². The maximum Gasteiger partial charge on any atom is 0.211 e. The number of rotatable bonds is 7. The molecule has 0 aromatic carbocycles. The van der Waals surface area contributed by atoms with E-state index in [4.69, 9.17) is 0 Å². The summed E-state index contributed by atoms with van der Waals surface area (Å²) in [4.78, 5) is 0. The monoisotopic (exact) mass is 278 g/mol. The Morgan fingerprint density at radius 2 is 2.12 bits per heavy atom. The minimum absolute atomic E-state index is 0.470. The quantitative estimate of drug-likeness (QED) is 0.556. The van der Waals surface area contributed by atoms with Crippen LogP contribution in [0, 0.1) is 0 Å². The third-order valence-corrected chi connectivity index (χ3v) is 5.11. The number of hydrogen-bond acceptors (Lipinski definition) is 4. The molecule has 0 aliphatic carbocycles. The molecule has 0 spiro atoms. The molecule has 0 saturated carbocycles. The lowest BCUT2D eigenvalue weighted by Gasteiger charge is -2.30. The van der Waals surface area contributed by atoms with Gasteiger partial charge >= 0.3 is 0 Å². The van der Waals surface area contributed by atoms with Crippen LogP contribution in [0.1, 0.15) is 12.8 Å². The summed E-state index contributed by atoms with van der Waals surface area (Å²) in [6, 6.07) is 0.470. The first-order valence-corrected chi connectivity index (χ1v) is 8.91. The Bertz CT molecular complexity index is 322. The zero-order valence-corrected chi connectivity index (χ0v) is 12.0. The maximum absolute atomic E-state index is 11.3. The van der Waals surface area contributed by atoms with Crippen LogP contribution in [0.25, 0.3) is 0 Å². The van der Waals surface area contributed by atoms with E-state index < -0.39 is 10.0 Å². The third kappa shape index (κ3) is 5.90. The number of nitrogens with zero attached hydrogens (tertiary/aromatic N) is 1. The second kappa shape index (κ2) is 7.41. The van der Waals surface area contributed by atoms with E-state index in [2.05, 4.69) is 11.9 Å². The molecule has 6 heteroatoms. The molecular weight excluding hydrogens is 256 g/mol. The molecule has 0 bridgehead atoms. The van der Waals surface area contributed by atoms with E-state index in [1.54, 1.807) is 4.31 Å². The van der Waals surface area contributed by atoms with Crippen molar-refractivity contribution in [2.75, 3.05) is 37.4 Å². The molecule has 17 heavy (non-hydrogen) atoms. The fourth-order valence-electron chi connectivity index (χ4n) is 1.89. The summed E-state index contributed by atoms with van der Waals surface area (Å²) in [7, 11) is -2.99. The van der Waals surface area contributed by atoms with Crippen molar-refractivity contribution in [1.82, 2.24) is 9.62 Å². The van der Waals surface area contributed by atoms with Gasteiger partial charge in [0.05, 0.1) is 6.26 Å². The van der Waals surface area contributed by atoms with Gasteiger partial charge in [0.2, 0.25) is 10.0 Å². The van der Waals surface area contributed by atoms with Crippen LogP contribution in [0.2, 0.25) is 0 Å². The SMILES string of the molecule is C=CCSCCNC1CCN(S(C)(=O)=O)CC1. The molecule has 1 N–H and O–H groups in total. The van der Waals surface area contributed by atoms with Crippen LogP contribution in [0.15, 0.2) is 12.7 Å². The maximum atomic E-state index is 11.3. The van der Waals surface area contributed by atoms with Crippen LogP contribution in [-0.2, 0) is 10.0 Å². The second-order valence-corrected chi connectivity index (χ2v) is 7.39. The van der Waals surface area contributed by atoms with Crippen molar-refractivity contribution >= 4 is 21.8 Å². The number of thioether (sulfide) groups is 1. The highest BCUT2D eigenvalue weighted by Gasteiger charge is 2.24. The highest BCUT2D eigenvalue weighted by Crippen LogP contribution is 2.13. The summed E-state index contributed by atoms with van der Waals surface area (Å²) in [5.41, 5.74) is 0. The van der Waals surface area contributed by atoms with Crippen molar-refractivity contribution < 1.29 is 8.42 Å². The van der Waals surface area contributed by atoms with Crippen LogP contribution in [0.5, 0.6) is 0 Å². The molecule has 0 amide bonds. The van der Waals surface area contributed by atoms with Crippen LogP contribution in [-0.4, -0.2) is 56.2 Å². The van der Waals surface area contributed by atoms with E-state index in [9.17, 15) is 8.42 Å². The molecule has 0 aromatic heterocycles. The summed E-state index contributed by atoms with van der Waals surface area (Å²) >= 11 is 1.86. The Morgan fingerprint density at radius 1 is 1.47 bits per heavy atom. The van der Waals surface area contributed by atoms with Gasteiger partial charge in [-0.2, -0.15) is 11.8 Å². The zero-order valence-electron chi connectivity index (χ0n) is 10.4. The van der Waals surface area contributed by atoms with E-state index >= 15 is 0 Å². The van der Waals surface area contributed by atoms with E-state index in [1.165, 1.54) is 6.26 Å². The Labute approximate surface area is 109 Å². The van der Waals surface area contributed by atoms with Gasteiger partial charge in [-0.25, -0.2) is 12.7 Å². The first-order valence-electron chi connectivity index (χ1n) is 5.91. The number of piperidine rings is 1. The van der Waals surface area contributed by atoms with E-state index in [1.807, 2.05) is 17.8 Å². The van der Waals surface area contributed by atoms with Crippen molar-refractivity contribution in [2.45, 2.75) is 18.9 Å². The van der Waals surface area contributed by atoms with Gasteiger partial charge in [-0.3, -0.25) is 0 Å². The average Bonchev–Trinajstić information content (AvgIpc) is 2.28. The minimum Gasteiger partial charge on any atom is -0.313 e. The van der Waals surface area contributed by atoms with Gasteiger partial charge in [-0.05, 0) is 12.8 Å².